The first-order valence-corrected chi connectivity index (χ1v) is 8.76. The molecule has 2 N–H and O–H groups in total. The van der Waals surface area contributed by atoms with Gasteiger partial charge in [-0.2, -0.15) is 0 Å². The molecule has 3 aromatic rings. The van der Waals surface area contributed by atoms with Crippen molar-refractivity contribution in [3.05, 3.63) is 59.9 Å². The van der Waals surface area contributed by atoms with Crippen LogP contribution in [0.2, 0.25) is 0 Å². The van der Waals surface area contributed by atoms with Crippen molar-refractivity contribution in [2.45, 2.75) is 26.3 Å². The fraction of sp³-hybridized carbons (Fsp3) is 0.200. The maximum atomic E-state index is 12.3. The number of anilines is 2. The normalized spacial score (nSPS) is 13.4. The van der Waals surface area contributed by atoms with Gasteiger partial charge in [-0.25, -0.2) is 0 Å². The van der Waals surface area contributed by atoms with Crippen molar-refractivity contribution in [1.82, 2.24) is 20.1 Å². The van der Waals surface area contributed by atoms with E-state index < -0.39 is 0 Å². The largest absolute Gasteiger partial charge is 0.355 e. The fourth-order valence-corrected chi connectivity index (χ4v) is 3.24. The first kappa shape index (κ1) is 17.0. The van der Waals surface area contributed by atoms with Gasteiger partial charge >= 0.3 is 0 Å². The van der Waals surface area contributed by atoms with Gasteiger partial charge in [-0.05, 0) is 37.6 Å². The summed E-state index contributed by atoms with van der Waals surface area (Å²) in [6, 6.07) is 13.5. The summed E-state index contributed by atoms with van der Waals surface area (Å²) < 4.78 is 2.00. The van der Waals surface area contributed by atoms with Crippen LogP contribution in [0.1, 0.15) is 35.8 Å². The van der Waals surface area contributed by atoms with Gasteiger partial charge in [0.25, 0.3) is 5.91 Å². The second kappa shape index (κ2) is 6.68. The number of aromatic nitrogens is 3. The van der Waals surface area contributed by atoms with Crippen LogP contribution in [0.25, 0.3) is 11.4 Å². The van der Waals surface area contributed by atoms with E-state index in [9.17, 15) is 9.59 Å². The van der Waals surface area contributed by atoms with E-state index in [2.05, 4.69) is 34.7 Å². The molecule has 0 unspecified atom stereocenters. The predicted molar refractivity (Wildman–Crippen MR) is 102 cm³/mol. The fourth-order valence-electron chi connectivity index (χ4n) is 3.24. The molecule has 0 fully saturated rings. The minimum atomic E-state index is -0.375. The Hall–Kier alpha value is -3.48. The smallest absolute Gasteiger partial charge is 0.260 e. The van der Waals surface area contributed by atoms with Crippen LogP contribution in [0.5, 0.6) is 0 Å². The zero-order chi connectivity index (χ0) is 19.0. The van der Waals surface area contributed by atoms with Crippen molar-refractivity contribution < 1.29 is 9.59 Å². The lowest BCUT2D eigenvalue weighted by molar-refractivity contribution is -0.119. The Morgan fingerprint density at radius 1 is 1.15 bits per heavy atom. The Morgan fingerprint density at radius 2 is 1.96 bits per heavy atom. The maximum absolute atomic E-state index is 12.3. The molecule has 0 spiro atoms. The molecule has 7 nitrogen and oxygen atoms in total. The second-order valence-corrected chi connectivity index (χ2v) is 6.76. The predicted octanol–water partition coefficient (Wildman–Crippen LogP) is 3.08. The number of hydrogen-bond acceptors (Lipinski definition) is 5. The van der Waals surface area contributed by atoms with Gasteiger partial charge in [0, 0.05) is 17.3 Å². The quantitative estimate of drug-likeness (QED) is 0.697. The summed E-state index contributed by atoms with van der Waals surface area (Å²) in [5, 5.41) is 13.9. The van der Waals surface area contributed by atoms with Crippen LogP contribution in [0, 0.1) is 0 Å². The van der Waals surface area contributed by atoms with Crippen LogP contribution in [-0.2, 0) is 11.2 Å². The summed E-state index contributed by atoms with van der Waals surface area (Å²) in [6.45, 7) is 4.15. The maximum Gasteiger partial charge on any atom is 0.260 e. The van der Waals surface area contributed by atoms with Crippen LogP contribution in [0.15, 0.2) is 48.8 Å². The van der Waals surface area contributed by atoms with E-state index in [0.29, 0.717) is 11.3 Å². The van der Waals surface area contributed by atoms with Crippen molar-refractivity contribution in [1.29, 1.82) is 0 Å². The van der Waals surface area contributed by atoms with Crippen molar-refractivity contribution in [2.24, 2.45) is 0 Å². The van der Waals surface area contributed by atoms with Gasteiger partial charge in [-0.15, -0.1) is 10.2 Å². The molecule has 1 aromatic heterocycles. The molecule has 7 heteroatoms. The molecule has 0 aliphatic carbocycles. The van der Waals surface area contributed by atoms with Crippen LogP contribution in [0.4, 0.5) is 11.4 Å². The molecule has 136 valence electrons. The van der Waals surface area contributed by atoms with E-state index >= 15 is 0 Å². The molecule has 2 amide bonds. The van der Waals surface area contributed by atoms with Gasteiger partial charge in [-0.1, -0.05) is 24.3 Å². The van der Waals surface area contributed by atoms with Crippen molar-refractivity contribution in [2.75, 3.05) is 5.32 Å². The molecule has 0 atom stereocenters. The molecule has 1 aliphatic rings. The molecule has 1 aliphatic heterocycles. The molecular formula is C20H19N5O2. The Balaban J connectivity index is 1.69. The number of rotatable bonds is 4. The minimum Gasteiger partial charge on any atom is -0.355 e. The number of carbonyl (C=O) groups is 2. The van der Waals surface area contributed by atoms with E-state index in [1.165, 1.54) is 0 Å². The minimum absolute atomic E-state index is 0.203. The molecule has 0 saturated carbocycles. The first-order valence-electron chi connectivity index (χ1n) is 8.76. The van der Waals surface area contributed by atoms with Crippen LogP contribution in [0.3, 0.4) is 0 Å². The molecule has 27 heavy (non-hydrogen) atoms. The van der Waals surface area contributed by atoms with E-state index in [1.54, 1.807) is 12.4 Å². The molecular weight excluding hydrogens is 342 g/mol. The highest BCUT2D eigenvalue weighted by Crippen LogP contribution is 2.29. The third-order valence-electron chi connectivity index (χ3n) is 4.51. The zero-order valence-corrected chi connectivity index (χ0v) is 15.1. The van der Waals surface area contributed by atoms with E-state index in [1.807, 2.05) is 41.0 Å². The number of nitrogens with one attached hydrogen (secondary N) is 2. The standard InChI is InChI=1S/C20H19N5O2/c1-12(2)25-11-21-24-19(25)14-6-3-7-15(9-14)22-16-8-4-5-13-10-17(26)23-20(27)18(13)16/h3-9,11-12,22H,10H2,1-2H3,(H,23,26,27). The SMILES string of the molecule is CC(C)n1cnnc1-c1cccc(Nc2cccc3c2C(=O)NC(=O)C3)c1. The monoisotopic (exact) mass is 361 g/mol. The summed E-state index contributed by atoms with van der Waals surface area (Å²) in [4.78, 5) is 23.9. The van der Waals surface area contributed by atoms with Gasteiger partial charge < -0.3 is 9.88 Å². The number of hydrogen-bond donors (Lipinski definition) is 2. The van der Waals surface area contributed by atoms with Crippen LogP contribution in [-0.4, -0.2) is 26.6 Å². The third kappa shape index (κ3) is 3.19. The summed E-state index contributed by atoms with van der Waals surface area (Å²) in [7, 11) is 0. The summed E-state index contributed by atoms with van der Waals surface area (Å²) in [6.07, 6.45) is 1.92. The van der Waals surface area contributed by atoms with E-state index in [0.717, 1.165) is 22.6 Å². The number of carbonyl (C=O) groups excluding carboxylic acids is 2. The van der Waals surface area contributed by atoms with Crippen LogP contribution < -0.4 is 10.6 Å². The Kier molecular flexibility index (Phi) is 4.19. The molecule has 4 rings (SSSR count). The average molecular weight is 361 g/mol. The van der Waals surface area contributed by atoms with Crippen molar-refractivity contribution >= 4 is 23.2 Å². The summed E-state index contributed by atoms with van der Waals surface area (Å²) in [5.74, 6) is 0.131. The highest BCUT2D eigenvalue weighted by atomic mass is 16.2. The number of imide groups is 1. The second-order valence-electron chi connectivity index (χ2n) is 6.76. The van der Waals surface area contributed by atoms with Gasteiger partial charge in [0.1, 0.15) is 6.33 Å². The van der Waals surface area contributed by atoms with Gasteiger partial charge in [-0.3, -0.25) is 14.9 Å². The number of benzene rings is 2. The average Bonchev–Trinajstić information content (AvgIpc) is 3.11. The lowest BCUT2D eigenvalue weighted by Gasteiger charge is -2.19. The van der Waals surface area contributed by atoms with Gasteiger partial charge in [0.2, 0.25) is 5.91 Å². The third-order valence-corrected chi connectivity index (χ3v) is 4.51. The molecule has 0 bridgehead atoms. The summed E-state index contributed by atoms with van der Waals surface area (Å²) >= 11 is 0. The highest BCUT2D eigenvalue weighted by Gasteiger charge is 2.25. The summed E-state index contributed by atoms with van der Waals surface area (Å²) in [5.41, 5.74) is 3.65. The zero-order valence-electron chi connectivity index (χ0n) is 15.1. The van der Waals surface area contributed by atoms with E-state index in [-0.39, 0.29) is 24.3 Å². The van der Waals surface area contributed by atoms with E-state index in [4.69, 9.17) is 0 Å². The Bertz CT molecular complexity index is 1040. The molecule has 2 heterocycles. The van der Waals surface area contributed by atoms with Crippen molar-refractivity contribution in [3.8, 4) is 11.4 Å². The number of fused-ring (bicyclic) bond motifs is 1. The Labute approximate surface area is 156 Å². The topological polar surface area (TPSA) is 88.9 Å². The molecule has 0 saturated heterocycles. The highest BCUT2D eigenvalue weighted by molar-refractivity contribution is 6.13. The van der Waals surface area contributed by atoms with Crippen molar-refractivity contribution in [3.63, 3.8) is 0 Å². The Morgan fingerprint density at radius 3 is 2.78 bits per heavy atom. The molecule has 0 radical (unpaired) electrons. The molecule has 2 aromatic carbocycles. The lowest BCUT2D eigenvalue weighted by atomic mass is 9.98. The van der Waals surface area contributed by atoms with Gasteiger partial charge in [0.05, 0.1) is 17.7 Å². The van der Waals surface area contributed by atoms with Crippen LogP contribution >= 0.6 is 0 Å². The van der Waals surface area contributed by atoms with Gasteiger partial charge in [0.15, 0.2) is 5.82 Å². The lowest BCUT2D eigenvalue weighted by Crippen LogP contribution is -2.37. The number of amides is 2. The number of nitrogens with zero attached hydrogens (tertiary/aromatic N) is 3. The first-order chi connectivity index (χ1) is 13.0.